The zero-order valence-electron chi connectivity index (χ0n) is 11.3. The Hall–Kier alpha value is -1.88. The molecule has 1 aromatic carbocycles. The molecule has 0 aliphatic heterocycles. The molecule has 0 saturated carbocycles. The van der Waals surface area contributed by atoms with Gasteiger partial charge in [0.15, 0.2) is 0 Å². The zero-order chi connectivity index (χ0) is 14.3. The van der Waals surface area contributed by atoms with Gasteiger partial charge in [-0.05, 0) is 19.4 Å². The topological polar surface area (TPSA) is 81.4 Å². The van der Waals surface area contributed by atoms with Crippen molar-refractivity contribution >= 4 is 11.9 Å². The van der Waals surface area contributed by atoms with Gasteiger partial charge in [0.1, 0.15) is 5.92 Å². The van der Waals surface area contributed by atoms with Crippen molar-refractivity contribution in [1.82, 2.24) is 5.32 Å². The first kappa shape index (κ1) is 15.2. The van der Waals surface area contributed by atoms with E-state index >= 15 is 0 Å². The Morgan fingerprint density at radius 2 is 1.95 bits per heavy atom. The molecule has 0 heterocycles. The Morgan fingerprint density at radius 1 is 1.32 bits per heavy atom. The molecule has 0 aliphatic rings. The van der Waals surface area contributed by atoms with Gasteiger partial charge in [0.2, 0.25) is 5.91 Å². The fraction of sp³-hybridized carbons (Fsp3) is 0.429. The maximum absolute atomic E-state index is 11.8. The van der Waals surface area contributed by atoms with Crippen molar-refractivity contribution in [2.24, 2.45) is 11.7 Å². The summed E-state index contributed by atoms with van der Waals surface area (Å²) in [6.45, 7) is 3.46. The first-order chi connectivity index (χ1) is 9.04. The molecule has 1 rings (SSSR count). The van der Waals surface area contributed by atoms with Gasteiger partial charge in [-0.15, -0.1) is 0 Å². The van der Waals surface area contributed by atoms with E-state index in [1.54, 1.807) is 6.92 Å². The molecule has 3 N–H and O–H groups in total. The highest BCUT2D eigenvalue weighted by Crippen LogP contribution is 2.03. The zero-order valence-corrected chi connectivity index (χ0v) is 11.3. The van der Waals surface area contributed by atoms with E-state index in [1.807, 2.05) is 30.3 Å². The van der Waals surface area contributed by atoms with E-state index in [1.165, 1.54) is 6.92 Å². The smallest absolute Gasteiger partial charge is 0.318 e. The molecule has 0 radical (unpaired) electrons. The van der Waals surface area contributed by atoms with Crippen molar-refractivity contribution in [2.45, 2.75) is 26.4 Å². The quantitative estimate of drug-likeness (QED) is 0.453. The van der Waals surface area contributed by atoms with Crippen molar-refractivity contribution < 1.29 is 14.3 Å². The number of nitrogens with one attached hydrogen (secondary N) is 1. The van der Waals surface area contributed by atoms with Crippen molar-refractivity contribution in [3.05, 3.63) is 35.9 Å². The number of benzene rings is 1. The van der Waals surface area contributed by atoms with Crippen LogP contribution in [0.4, 0.5) is 0 Å². The van der Waals surface area contributed by atoms with Crippen LogP contribution < -0.4 is 11.1 Å². The molecule has 1 aromatic rings. The average Bonchev–Trinajstić information content (AvgIpc) is 2.39. The highest BCUT2D eigenvalue weighted by molar-refractivity contribution is 5.97. The Kier molecular flexibility index (Phi) is 6.02. The van der Waals surface area contributed by atoms with Gasteiger partial charge in [0.05, 0.1) is 12.8 Å². The fourth-order valence-corrected chi connectivity index (χ4v) is 1.60. The van der Waals surface area contributed by atoms with Crippen molar-refractivity contribution in [3.8, 4) is 0 Å². The normalized spacial score (nSPS) is 13.4. The molecule has 0 spiro atoms. The van der Waals surface area contributed by atoms with Crippen molar-refractivity contribution in [3.63, 3.8) is 0 Å². The van der Waals surface area contributed by atoms with Crippen LogP contribution in [0.25, 0.3) is 0 Å². The van der Waals surface area contributed by atoms with Gasteiger partial charge >= 0.3 is 5.97 Å². The molecule has 5 heteroatoms. The molecule has 0 fully saturated rings. The van der Waals surface area contributed by atoms with E-state index in [0.29, 0.717) is 6.42 Å². The summed E-state index contributed by atoms with van der Waals surface area (Å²) in [4.78, 5) is 23.2. The van der Waals surface area contributed by atoms with E-state index < -0.39 is 24.0 Å². The summed E-state index contributed by atoms with van der Waals surface area (Å²) in [5.74, 6) is -1.80. The van der Waals surface area contributed by atoms with Crippen LogP contribution in [0.2, 0.25) is 0 Å². The number of ether oxygens (including phenoxy) is 1. The summed E-state index contributed by atoms with van der Waals surface area (Å²) in [6.07, 6.45) is -0.00551. The molecule has 0 bridgehead atoms. The van der Waals surface area contributed by atoms with E-state index in [2.05, 4.69) is 5.32 Å². The molecule has 104 valence electrons. The number of amides is 1. The van der Waals surface area contributed by atoms with E-state index in [4.69, 9.17) is 10.5 Å². The lowest BCUT2D eigenvalue weighted by molar-refractivity contribution is -0.151. The third-order valence-corrected chi connectivity index (χ3v) is 2.66. The van der Waals surface area contributed by atoms with Crippen LogP contribution in [0.15, 0.2) is 30.3 Å². The Labute approximate surface area is 113 Å². The highest BCUT2D eigenvalue weighted by Gasteiger charge is 2.23. The van der Waals surface area contributed by atoms with Gasteiger partial charge in [-0.2, -0.15) is 0 Å². The Morgan fingerprint density at radius 3 is 2.53 bits per heavy atom. The number of carbonyl (C=O) groups is 2. The summed E-state index contributed by atoms with van der Waals surface area (Å²) >= 11 is 0. The number of carbonyl (C=O) groups excluding carboxylic acids is 2. The van der Waals surface area contributed by atoms with E-state index in [-0.39, 0.29) is 6.61 Å². The fourth-order valence-electron chi connectivity index (χ4n) is 1.60. The van der Waals surface area contributed by atoms with Gasteiger partial charge in [-0.3, -0.25) is 9.59 Å². The lowest BCUT2D eigenvalue weighted by Gasteiger charge is -2.16. The van der Waals surface area contributed by atoms with Crippen LogP contribution in [-0.4, -0.2) is 24.6 Å². The van der Waals surface area contributed by atoms with Crippen LogP contribution in [-0.2, 0) is 20.7 Å². The number of nitrogens with two attached hydrogens (primary N) is 1. The second-order valence-electron chi connectivity index (χ2n) is 4.28. The molecule has 5 nitrogen and oxygen atoms in total. The average molecular weight is 264 g/mol. The maximum atomic E-state index is 11.8. The van der Waals surface area contributed by atoms with Gasteiger partial charge in [-0.1, -0.05) is 30.3 Å². The minimum Gasteiger partial charge on any atom is -0.465 e. The number of hydrogen-bond donors (Lipinski definition) is 2. The molecule has 1 amide bonds. The highest BCUT2D eigenvalue weighted by atomic mass is 16.5. The lowest BCUT2D eigenvalue weighted by atomic mass is 10.1. The Bertz CT molecular complexity index is 420. The molecule has 2 atom stereocenters. The van der Waals surface area contributed by atoms with Crippen LogP contribution in [0, 0.1) is 5.92 Å². The predicted octanol–water partition coefficient (Wildman–Crippen LogP) is 0.829. The van der Waals surface area contributed by atoms with Gasteiger partial charge in [0, 0.05) is 6.42 Å². The number of rotatable bonds is 6. The summed E-state index contributed by atoms with van der Waals surface area (Å²) in [5, 5.41) is 2.61. The van der Waals surface area contributed by atoms with Crippen LogP contribution in [0.1, 0.15) is 19.4 Å². The number of esters is 1. The number of hydrogen-bond acceptors (Lipinski definition) is 4. The summed E-state index contributed by atoms with van der Waals surface area (Å²) in [6, 6.07) is 9.59. The second-order valence-corrected chi connectivity index (χ2v) is 4.28. The van der Waals surface area contributed by atoms with Gasteiger partial charge in [0.25, 0.3) is 0 Å². The minimum absolute atomic E-state index is 0.256. The third kappa shape index (κ3) is 5.09. The maximum Gasteiger partial charge on any atom is 0.318 e. The van der Waals surface area contributed by atoms with Crippen LogP contribution >= 0.6 is 0 Å². The first-order valence-electron chi connectivity index (χ1n) is 6.31. The summed E-state index contributed by atoms with van der Waals surface area (Å²) in [5.41, 5.74) is 6.86. The van der Waals surface area contributed by atoms with E-state index in [0.717, 1.165) is 5.56 Å². The SMILES string of the molecule is CCOC(=O)C(C)C(=O)NC(N)Cc1ccccc1. The second kappa shape index (κ2) is 7.53. The predicted molar refractivity (Wildman–Crippen MR) is 72.1 cm³/mol. The largest absolute Gasteiger partial charge is 0.465 e. The molecular formula is C14H20N2O3. The van der Waals surface area contributed by atoms with Crippen molar-refractivity contribution in [1.29, 1.82) is 0 Å². The van der Waals surface area contributed by atoms with Crippen molar-refractivity contribution in [2.75, 3.05) is 6.61 Å². The third-order valence-electron chi connectivity index (χ3n) is 2.66. The standard InChI is InChI=1S/C14H20N2O3/c1-3-19-14(18)10(2)13(17)16-12(15)9-11-7-5-4-6-8-11/h4-8,10,12H,3,9,15H2,1-2H3,(H,16,17). The molecule has 0 aromatic heterocycles. The van der Waals surface area contributed by atoms with Gasteiger partial charge in [-0.25, -0.2) is 0 Å². The van der Waals surface area contributed by atoms with Crippen LogP contribution in [0.5, 0.6) is 0 Å². The minimum atomic E-state index is -0.846. The monoisotopic (exact) mass is 264 g/mol. The molecule has 0 saturated heterocycles. The molecular weight excluding hydrogens is 244 g/mol. The summed E-state index contributed by atoms with van der Waals surface area (Å²) in [7, 11) is 0. The molecule has 19 heavy (non-hydrogen) atoms. The molecule has 0 aliphatic carbocycles. The molecule has 2 unspecified atom stereocenters. The lowest BCUT2D eigenvalue weighted by Crippen LogP contribution is -2.46. The van der Waals surface area contributed by atoms with Gasteiger partial charge < -0.3 is 15.8 Å². The van der Waals surface area contributed by atoms with E-state index in [9.17, 15) is 9.59 Å². The Balaban J connectivity index is 2.45. The summed E-state index contributed by atoms with van der Waals surface area (Å²) < 4.78 is 4.78. The first-order valence-corrected chi connectivity index (χ1v) is 6.31. The van der Waals surface area contributed by atoms with Crippen LogP contribution in [0.3, 0.4) is 0 Å².